The van der Waals surface area contributed by atoms with Gasteiger partial charge in [-0.3, -0.25) is 29.8 Å². The fourth-order valence-electron chi connectivity index (χ4n) is 2.98. The molecule has 0 atom stereocenters. The molecule has 0 aliphatic carbocycles. The Labute approximate surface area is 192 Å². The molecule has 0 bridgehead atoms. The number of nitrogens with one attached hydrogen (secondary N) is 2. The average molecular weight is 466 g/mol. The fourth-order valence-corrected chi connectivity index (χ4v) is 2.98. The summed E-state index contributed by atoms with van der Waals surface area (Å²) in [5, 5.41) is 27.0. The molecule has 3 rings (SSSR count). The zero-order valence-corrected chi connectivity index (χ0v) is 17.9. The Hall–Kier alpha value is -5.00. The zero-order valence-electron chi connectivity index (χ0n) is 17.9. The Morgan fingerprint density at radius 3 is 1.47 bits per heavy atom. The van der Waals surface area contributed by atoms with Crippen molar-refractivity contribution in [2.45, 2.75) is 0 Å². The van der Waals surface area contributed by atoms with E-state index in [1.54, 1.807) is 0 Å². The largest absolute Gasteiger partial charge is 0.494 e. The van der Waals surface area contributed by atoms with Gasteiger partial charge in [0.1, 0.15) is 11.5 Å². The van der Waals surface area contributed by atoms with Crippen molar-refractivity contribution in [3.8, 4) is 11.5 Å². The molecular weight excluding hydrogens is 448 g/mol. The van der Waals surface area contributed by atoms with Crippen LogP contribution < -0.4 is 20.1 Å². The molecule has 0 saturated heterocycles. The third-order valence-electron chi connectivity index (χ3n) is 4.68. The molecule has 0 spiro atoms. The van der Waals surface area contributed by atoms with E-state index in [2.05, 4.69) is 10.6 Å². The van der Waals surface area contributed by atoms with E-state index in [1.807, 2.05) is 0 Å². The Balaban J connectivity index is 1.80. The van der Waals surface area contributed by atoms with Gasteiger partial charge in [-0.15, -0.1) is 0 Å². The van der Waals surface area contributed by atoms with Gasteiger partial charge < -0.3 is 20.1 Å². The summed E-state index contributed by atoms with van der Waals surface area (Å²) in [5.74, 6) is -0.951. The molecule has 0 aliphatic rings. The fraction of sp³-hybridized carbons (Fsp3) is 0.0909. The smallest absolute Gasteiger partial charge is 0.273 e. The monoisotopic (exact) mass is 466 g/mol. The van der Waals surface area contributed by atoms with Crippen LogP contribution in [0.25, 0.3) is 0 Å². The molecule has 3 aromatic rings. The summed E-state index contributed by atoms with van der Waals surface area (Å²) in [7, 11) is 2.62. The van der Waals surface area contributed by atoms with Gasteiger partial charge in [0, 0.05) is 23.3 Å². The lowest BCUT2D eigenvalue weighted by atomic mass is 10.1. The average Bonchev–Trinajstić information content (AvgIpc) is 2.84. The van der Waals surface area contributed by atoms with Gasteiger partial charge in [0.05, 0.1) is 47.6 Å². The molecule has 3 aromatic carbocycles. The lowest BCUT2D eigenvalue weighted by Gasteiger charge is -2.12. The molecule has 12 heteroatoms. The van der Waals surface area contributed by atoms with Crippen LogP contribution in [0, 0.1) is 20.2 Å². The number of carbonyl (C=O) groups excluding carboxylic acids is 2. The Kier molecular flexibility index (Phi) is 7.01. The third kappa shape index (κ3) is 5.24. The van der Waals surface area contributed by atoms with Crippen molar-refractivity contribution >= 4 is 34.6 Å². The van der Waals surface area contributed by atoms with Crippen LogP contribution in [0.4, 0.5) is 22.7 Å². The standard InChI is InChI=1S/C22H18N4O8/c1-33-19-11-15(25(29)30)6-8-17(19)23-21(27)13-4-3-5-14(10-13)22(28)24-18-9-7-16(26(31)32)12-20(18)34-2/h3-12H,1-2H3,(H,23,27)(H,24,28). The van der Waals surface area contributed by atoms with Crippen LogP contribution in [0.15, 0.2) is 60.7 Å². The number of non-ortho nitro benzene ring substituents is 2. The second-order valence-electron chi connectivity index (χ2n) is 6.77. The van der Waals surface area contributed by atoms with Crippen molar-refractivity contribution in [3.05, 3.63) is 92.0 Å². The molecule has 2 N–H and O–H groups in total. The predicted molar refractivity (Wildman–Crippen MR) is 122 cm³/mol. The number of methoxy groups -OCH3 is 2. The first-order valence-electron chi connectivity index (χ1n) is 9.61. The molecular formula is C22H18N4O8. The molecule has 0 aromatic heterocycles. The molecule has 0 heterocycles. The molecule has 0 fully saturated rings. The maximum Gasteiger partial charge on any atom is 0.273 e. The topological polar surface area (TPSA) is 163 Å². The summed E-state index contributed by atoms with van der Waals surface area (Å²) >= 11 is 0. The van der Waals surface area contributed by atoms with E-state index in [0.29, 0.717) is 0 Å². The van der Waals surface area contributed by atoms with Crippen molar-refractivity contribution < 1.29 is 28.9 Å². The maximum atomic E-state index is 12.7. The first-order valence-corrected chi connectivity index (χ1v) is 9.61. The van der Waals surface area contributed by atoms with Crippen LogP contribution >= 0.6 is 0 Å². The number of benzene rings is 3. The Bertz CT molecular complexity index is 1200. The van der Waals surface area contributed by atoms with E-state index in [1.165, 1.54) is 74.9 Å². The summed E-state index contributed by atoms with van der Waals surface area (Å²) in [6, 6.07) is 13.3. The lowest BCUT2D eigenvalue weighted by molar-refractivity contribution is -0.385. The third-order valence-corrected chi connectivity index (χ3v) is 4.68. The first-order chi connectivity index (χ1) is 16.2. The van der Waals surface area contributed by atoms with Crippen LogP contribution in [-0.4, -0.2) is 35.9 Å². The number of anilines is 2. The minimum atomic E-state index is -0.587. The van der Waals surface area contributed by atoms with Crippen LogP contribution in [0.5, 0.6) is 11.5 Å². The number of nitro benzene ring substituents is 2. The van der Waals surface area contributed by atoms with E-state index >= 15 is 0 Å². The van der Waals surface area contributed by atoms with Crippen molar-refractivity contribution in [1.29, 1.82) is 0 Å². The summed E-state index contributed by atoms with van der Waals surface area (Å²) in [4.78, 5) is 46.1. The summed E-state index contributed by atoms with van der Waals surface area (Å²) in [5.41, 5.74) is 0.310. The van der Waals surface area contributed by atoms with Crippen LogP contribution in [0.2, 0.25) is 0 Å². The quantitative estimate of drug-likeness (QED) is 0.371. The highest BCUT2D eigenvalue weighted by molar-refractivity contribution is 6.09. The number of hydrogen-bond donors (Lipinski definition) is 2. The summed E-state index contributed by atoms with van der Waals surface area (Å²) in [6.07, 6.45) is 0. The van der Waals surface area contributed by atoms with Gasteiger partial charge in [0.2, 0.25) is 0 Å². The van der Waals surface area contributed by atoms with Gasteiger partial charge in [0.15, 0.2) is 0 Å². The van der Waals surface area contributed by atoms with Gasteiger partial charge in [0.25, 0.3) is 23.2 Å². The highest BCUT2D eigenvalue weighted by Gasteiger charge is 2.17. The summed E-state index contributed by atoms with van der Waals surface area (Å²) < 4.78 is 10.2. The molecule has 2 amide bonds. The number of rotatable bonds is 8. The van der Waals surface area contributed by atoms with Crippen molar-refractivity contribution in [2.75, 3.05) is 24.9 Å². The van der Waals surface area contributed by atoms with E-state index in [4.69, 9.17) is 9.47 Å². The molecule has 12 nitrogen and oxygen atoms in total. The number of nitro groups is 2. The van der Waals surface area contributed by atoms with Gasteiger partial charge in [-0.1, -0.05) is 6.07 Å². The Morgan fingerprint density at radius 2 is 1.12 bits per heavy atom. The maximum absolute atomic E-state index is 12.7. The minimum Gasteiger partial charge on any atom is -0.494 e. The first kappa shape index (κ1) is 23.7. The number of hydrogen-bond acceptors (Lipinski definition) is 8. The second-order valence-corrected chi connectivity index (χ2v) is 6.77. The molecule has 0 aliphatic heterocycles. The predicted octanol–water partition coefficient (Wildman–Crippen LogP) is 4.02. The molecule has 174 valence electrons. The lowest BCUT2D eigenvalue weighted by Crippen LogP contribution is -2.16. The van der Waals surface area contributed by atoms with Gasteiger partial charge in [-0.25, -0.2) is 0 Å². The van der Waals surface area contributed by atoms with Crippen LogP contribution in [0.3, 0.4) is 0 Å². The number of nitrogens with zero attached hydrogens (tertiary/aromatic N) is 2. The van der Waals surface area contributed by atoms with E-state index < -0.39 is 21.7 Å². The zero-order chi connectivity index (χ0) is 24.8. The van der Waals surface area contributed by atoms with Crippen molar-refractivity contribution in [3.63, 3.8) is 0 Å². The van der Waals surface area contributed by atoms with E-state index in [-0.39, 0.29) is 45.4 Å². The van der Waals surface area contributed by atoms with E-state index in [0.717, 1.165) is 0 Å². The van der Waals surface area contributed by atoms with Crippen LogP contribution in [0.1, 0.15) is 20.7 Å². The van der Waals surface area contributed by atoms with Crippen molar-refractivity contribution in [2.24, 2.45) is 0 Å². The normalized spacial score (nSPS) is 10.2. The van der Waals surface area contributed by atoms with Crippen LogP contribution in [-0.2, 0) is 0 Å². The molecule has 0 unspecified atom stereocenters. The van der Waals surface area contributed by atoms with Gasteiger partial charge in [-0.05, 0) is 30.3 Å². The minimum absolute atomic E-state index is 0.0988. The van der Waals surface area contributed by atoms with Gasteiger partial charge in [-0.2, -0.15) is 0 Å². The van der Waals surface area contributed by atoms with Crippen molar-refractivity contribution in [1.82, 2.24) is 0 Å². The Morgan fingerprint density at radius 1 is 0.706 bits per heavy atom. The molecule has 0 saturated carbocycles. The number of amides is 2. The second kappa shape index (κ2) is 10.1. The number of ether oxygens (including phenoxy) is 2. The SMILES string of the molecule is COc1cc([N+](=O)[O-])ccc1NC(=O)c1cccc(C(=O)Nc2ccc([N+](=O)[O-])cc2OC)c1. The number of carbonyl (C=O) groups is 2. The highest BCUT2D eigenvalue weighted by atomic mass is 16.6. The van der Waals surface area contributed by atoms with Gasteiger partial charge >= 0.3 is 0 Å². The summed E-state index contributed by atoms with van der Waals surface area (Å²) in [6.45, 7) is 0. The highest BCUT2D eigenvalue weighted by Crippen LogP contribution is 2.30. The molecule has 0 radical (unpaired) electrons. The molecule has 34 heavy (non-hydrogen) atoms. The van der Waals surface area contributed by atoms with E-state index in [9.17, 15) is 29.8 Å².